The van der Waals surface area contributed by atoms with Gasteiger partial charge in [-0.05, 0) is 12.5 Å². The summed E-state index contributed by atoms with van der Waals surface area (Å²) < 4.78 is 16.2. The number of amides is 1. The van der Waals surface area contributed by atoms with Crippen LogP contribution >= 0.6 is 0 Å². The maximum atomic E-state index is 11.6. The molecule has 2 heterocycles. The van der Waals surface area contributed by atoms with Crippen molar-refractivity contribution in [1.29, 1.82) is 0 Å². The maximum absolute atomic E-state index is 11.6. The summed E-state index contributed by atoms with van der Waals surface area (Å²) >= 11 is 0. The fraction of sp³-hybridized carbons (Fsp3) is 0.500. The molecule has 2 atom stereocenters. The Hall–Kier alpha value is -1.79. The van der Waals surface area contributed by atoms with Gasteiger partial charge in [0.2, 0.25) is 12.7 Å². The largest absolute Gasteiger partial charge is 0.454 e. The summed E-state index contributed by atoms with van der Waals surface area (Å²) in [5.74, 6) is 1.20. The molecule has 2 N–H and O–H groups in total. The van der Waals surface area contributed by atoms with E-state index in [4.69, 9.17) is 19.9 Å². The summed E-state index contributed by atoms with van der Waals surface area (Å²) in [6.07, 6.45) is 0.680. The van der Waals surface area contributed by atoms with Crippen molar-refractivity contribution in [2.24, 2.45) is 5.73 Å². The van der Waals surface area contributed by atoms with Gasteiger partial charge in [-0.1, -0.05) is 12.1 Å². The van der Waals surface area contributed by atoms with Crippen molar-refractivity contribution >= 4 is 5.91 Å². The van der Waals surface area contributed by atoms with Crippen LogP contribution in [0.5, 0.6) is 11.5 Å². The average Bonchev–Trinajstić information content (AvgIpc) is 3.05. The average molecular weight is 278 g/mol. The third-order valence-corrected chi connectivity index (χ3v) is 3.88. The zero-order chi connectivity index (χ0) is 14.1. The van der Waals surface area contributed by atoms with Gasteiger partial charge in [0.1, 0.15) is 0 Å². The fourth-order valence-electron chi connectivity index (χ4n) is 2.84. The molecular formula is C14H18N2O4. The van der Waals surface area contributed by atoms with Crippen LogP contribution in [0.2, 0.25) is 0 Å². The van der Waals surface area contributed by atoms with Gasteiger partial charge in [-0.2, -0.15) is 0 Å². The number of likely N-dealkylation sites (tertiary alicyclic amines) is 1. The molecular weight excluding hydrogens is 260 g/mol. The van der Waals surface area contributed by atoms with Gasteiger partial charge in [0.25, 0.3) is 0 Å². The lowest BCUT2D eigenvalue weighted by Gasteiger charge is -2.22. The summed E-state index contributed by atoms with van der Waals surface area (Å²) in [7, 11) is 1.66. The van der Waals surface area contributed by atoms with Crippen molar-refractivity contribution < 1.29 is 19.0 Å². The quantitative estimate of drug-likeness (QED) is 0.867. The minimum atomic E-state index is -0.311. The summed E-state index contributed by atoms with van der Waals surface area (Å²) in [6.45, 7) is 1.53. The summed E-state index contributed by atoms with van der Waals surface area (Å²) in [5.41, 5.74) is 6.48. The van der Waals surface area contributed by atoms with Gasteiger partial charge in [0, 0.05) is 25.8 Å². The number of ether oxygens (including phenoxy) is 3. The van der Waals surface area contributed by atoms with E-state index in [9.17, 15) is 4.79 Å². The molecule has 6 heteroatoms. The molecule has 1 fully saturated rings. The van der Waals surface area contributed by atoms with Crippen LogP contribution in [0.3, 0.4) is 0 Å². The zero-order valence-corrected chi connectivity index (χ0v) is 11.4. The molecule has 0 radical (unpaired) electrons. The number of carbonyl (C=O) groups excluding carboxylic acids is 1. The van der Waals surface area contributed by atoms with Crippen LogP contribution in [0.25, 0.3) is 0 Å². The maximum Gasteiger partial charge on any atom is 0.234 e. The van der Waals surface area contributed by atoms with E-state index in [0.717, 1.165) is 17.1 Å². The summed E-state index contributed by atoms with van der Waals surface area (Å²) in [4.78, 5) is 13.6. The molecule has 3 rings (SSSR count). The summed E-state index contributed by atoms with van der Waals surface area (Å²) in [5, 5.41) is 0. The molecule has 1 aromatic rings. The molecule has 1 amide bonds. The van der Waals surface area contributed by atoms with Crippen molar-refractivity contribution in [3.63, 3.8) is 0 Å². The normalized spacial score (nSPS) is 25.1. The van der Waals surface area contributed by atoms with Crippen molar-refractivity contribution in [3.05, 3.63) is 23.8 Å². The summed E-state index contributed by atoms with van der Waals surface area (Å²) in [6, 6.07) is 5.48. The Morgan fingerprint density at radius 2 is 2.35 bits per heavy atom. The standard InChI is InChI=1S/C14H18N2O4/c1-18-10-5-11(14(15)17)16(7-10)6-9-3-2-4-12-13(9)20-8-19-12/h2-4,10-11H,5-8H2,1H3,(H2,15,17)/t10-,11-/m0/s1. The van der Waals surface area contributed by atoms with E-state index >= 15 is 0 Å². The molecule has 2 aliphatic rings. The molecule has 0 unspecified atom stereocenters. The van der Waals surface area contributed by atoms with E-state index in [1.807, 2.05) is 23.1 Å². The second-order valence-corrected chi connectivity index (χ2v) is 5.09. The predicted octanol–water partition coefficient (Wildman–Crippen LogP) is 0.490. The molecule has 0 bridgehead atoms. The monoisotopic (exact) mass is 278 g/mol. The highest BCUT2D eigenvalue weighted by Crippen LogP contribution is 2.36. The van der Waals surface area contributed by atoms with Crippen LogP contribution in [0.1, 0.15) is 12.0 Å². The van der Waals surface area contributed by atoms with Crippen molar-refractivity contribution in [2.75, 3.05) is 20.4 Å². The van der Waals surface area contributed by atoms with E-state index < -0.39 is 0 Å². The number of methoxy groups -OCH3 is 1. The van der Waals surface area contributed by atoms with Gasteiger partial charge >= 0.3 is 0 Å². The van der Waals surface area contributed by atoms with Gasteiger partial charge < -0.3 is 19.9 Å². The molecule has 6 nitrogen and oxygen atoms in total. The smallest absolute Gasteiger partial charge is 0.234 e. The Bertz CT molecular complexity index is 520. The number of benzene rings is 1. The minimum Gasteiger partial charge on any atom is -0.454 e. The van der Waals surface area contributed by atoms with Crippen LogP contribution < -0.4 is 15.2 Å². The SMILES string of the molecule is CO[C@H]1C[C@@H](C(N)=O)N(Cc2cccc3c2OCO3)C1. The molecule has 0 aliphatic carbocycles. The van der Waals surface area contributed by atoms with Crippen LogP contribution in [0.15, 0.2) is 18.2 Å². The Kier molecular flexibility index (Phi) is 3.50. The lowest BCUT2D eigenvalue weighted by atomic mass is 10.1. The molecule has 0 spiro atoms. The number of nitrogens with two attached hydrogens (primary N) is 1. The van der Waals surface area contributed by atoms with Crippen LogP contribution in [0.4, 0.5) is 0 Å². The Morgan fingerprint density at radius 3 is 3.10 bits per heavy atom. The first kappa shape index (κ1) is 13.2. The molecule has 20 heavy (non-hydrogen) atoms. The number of para-hydroxylation sites is 1. The third-order valence-electron chi connectivity index (χ3n) is 3.88. The first-order valence-electron chi connectivity index (χ1n) is 6.62. The number of primary amides is 1. The van der Waals surface area contributed by atoms with Crippen molar-refractivity contribution in [1.82, 2.24) is 4.90 Å². The first-order chi connectivity index (χ1) is 9.69. The second kappa shape index (κ2) is 5.30. The number of hydrogen-bond acceptors (Lipinski definition) is 5. The Morgan fingerprint density at radius 1 is 1.50 bits per heavy atom. The first-order valence-corrected chi connectivity index (χ1v) is 6.62. The van der Waals surface area contributed by atoms with E-state index in [0.29, 0.717) is 19.5 Å². The van der Waals surface area contributed by atoms with Gasteiger partial charge in [-0.25, -0.2) is 0 Å². The van der Waals surface area contributed by atoms with Gasteiger partial charge in [0.15, 0.2) is 11.5 Å². The molecule has 1 saturated heterocycles. The van der Waals surface area contributed by atoms with E-state index in [2.05, 4.69) is 0 Å². The second-order valence-electron chi connectivity index (χ2n) is 5.09. The molecule has 1 aromatic carbocycles. The highest BCUT2D eigenvalue weighted by molar-refractivity contribution is 5.80. The number of hydrogen-bond donors (Lipinski definition) is 1. The fourth-order valence-corrected chi connectivity index (χ4v) is 2.84. The van der Waals surface area contributed by atoms with Crippen molar-refractivity contribution in [2.45, 2.75) is 25.1 Å². The Labute approximate surface area is 117 Å². The number of nitrogens with zero attached hydrogens (tertiary/aromatic N) is 1. The number of carbonyl (C=O) groups is 1. The van der Waals surface area contributed by atoms with E-state index in [-0.39, 0.29) is 24.8 Å². The zero-order valence-electron chi connectivity index (χ0n) is 11.4. The minimum absolute atomic E-state index is 0.0430. The molecule has 0 saturated carbocycles. The Balaban J connectivity index is 1.80. The molecule has 108 valence electrons. The number of rotatable bonds is 4. The highest BCUT2D eigenvalue weighted by Gasteiger charge is 2.36. The molecule has 2 aliphatic heterocycles. The topological polar surface area (TPSA) is 74.0 Å². The van der Waals surface area contributed by atoms with Gasteiger partial charge in [-0.3, -0.25) is 9.69 Å². The lowest BCUT2D eigenvalue weighted by Crippen LogP contribution is -2.39. The van der Waals surface area contributed by atoms with Gasteiger partial charge in [-0.15, -0.1) is 0 Å². The van der Waals surface area contributed by atoms with Crippen LogP contribution in [0, 0.1) is 0 Å². The van der Waals surface area contributed by atoms with E-state index in [1.54, 1.807) is 7.11 Å². The van der Waals surface area contributed by atoms with Crippen LogP contribution in [-0.2, 0) is 16.1 Å². The van der Waals surface area contributed by atoms with Crippen molar-refractivity contribution in [3.8, 4) is 11.5 Å². The number of fused-ring (bicyclic) bond motifs is 1. The predicted molar refractivity (Wildman–Crippen MR) is 71.4 cm³/mol. The van der Waals surface area contributed by atoms with Gasteiger partial charge in [0.05, 0.1) is 12.1 Å². The molecule has 0 aromatic heterocycles. The highest BCUT2D eigenvalue weighted by atomic mass is 16.7. The third kappa shape index (κ3) is 2.32. The van der Waals surface area contributed by atoms with E-state index in [1.165, 1.54) is 0 Å². The lowest BCUT2D eigenvalue weighted by molar-refractivity contribution is -0.122. The van der Waals surface area contributed by atoms with Crippen LogP contribution in [-0.4, -0.2) is 43.4 Å².